The topological polar surface area (TPSA) is 71.1 Å². The van der Waals surface area contributed by atoms with E-state index in [2.05, 4.69) is 0 Å². The molecule has 0 saturated carbocycles. The Morgan fingerprint density at radius 1 is 0.889 bits per heavy atom. The average Bonchev–Trinajstić information content (AvgIpc) is 2.66. The van der Waals surface area contributed by atoms with Gasteiger partial charge in [0.1, 0.15) is 18.1 Å². The molecule has 0 aliphatic heterocycles. The van der Waals surface area contributed by atoms with Gasteiger partial charge in [-0.25, -0.2) is 4.57 Å². The molecular weight excluding hydrogens is 367 g/mol. The lowest BCUT2D eigenvalue weighted by molar-refractivity contribution is -0.155. The first-order valence-electron chi connectivity index (χ1n) is 8.76. The quantitative estimate of drug-likeness (QED) is 0.312. The standard InChI is InChI=1S/C20H25O6P/c1-4-20(2,3)19(21)23-15-16-24-27(22,25-17-11-7-5-8-12-17)26-18-13-9-6-10-14-18/h5-14H,4,15-16H2,1-3H3. The lowest BCUT2D eigenvalue weighted by Gasteiger charge is -2.21. The maximum absolute atomic E-state index is 13.0. The molecule has 0 aliphatic carbocycles. The smallest absolute Gasteiger partial charge is 0.463 e. The van der Waals surface area contributed by atoms with Crippen molar-refractivity contribution in [3.05, 3.63) is 60.7 Å². The van der Waals surface area contributed by atoms with E-state index in [1.807, 2.05) is 19.1 Å². The van der Waals surface area contributed by atoms with Crippen LogP contribution in [0.2, 0.25) is 0 Å². The van der Waals surface area contributed by atoms with Gasteiger partial charge in [-0.15, -0.1) is 0 Å². The molecule has 0 atom stereocenters. The number of phosphoric ester groups is 1. The minimum atomic E-state index is -3.96. The molecule has 146 valence electrons. The largest absolute Gasteiger partial charge is 0.587 e. The molecule has 0 saturated heterocycles. The monoisotopic (exact) mass is 392 g/mol. The van der Waals surface area contributed by atoms with Gasteiger partial charge in [0, 0.05) is 0 Å². The normalized spacial score (nSPS) is 11.7. The second-order valence-electron chi connectivity index (χ2n) is 6.46. The van der Waals surface area contributed by atoms with Crippen molar-refractivity contribution in [1.29, 1.82) is 0 Å². The van der Waals surface area contributed by atoms with Crippen molar-refractivity contribution in [2.45, 2.75) is 27.2 Å². The molecule has 0 heterocycles. The summed E-state index contributed by atoms with van der Waals surface area (Å²) in [5.74, 6) is 0.359. The van der Waals surface area contributed by atoms with Gasteiger partial charge in [-0.1, -0.05) is 43.3 Å². The number of rotatable bonds is 10. The van der Waals surface area contributed by atoms with Gasteiger partial charge in [0.25, 0.3) is 0 Å². The number of carbonyl (C=O) groups is 1. The highest BCUT2D eigenvalue weighted by molar-refractivity contribution is 7.49. The number of esters is 1. The fourth-order valence-electron chi connectivity index (χ4n) is 1.92. The molecule has 2 aromatic carbocycles. The second-order valence-corrected chi connectivity index (χ2v) is 7.98. The van der Waals surface area contributed by atoms with E-state index in [0.29, 0.717) is 17.9 Å². The predicted octanol–water partition coefficient (Wildman–Crippen LogP) is 5.25. The first-order valence-corrected chi connectivity index (χ1v) is 10.2. The molecule has 0 fully saturated rings. The van der Waals surface area contributed by atoms with Crippen molar-refractivity contribution in [2.75, 3.05) is 13.2 Å². The molecule has 27 heavy (non-hydrogen) atoms. The highest BCUT2D eigenvalue weighted by Crippen LogP contribution is 2.49. The zero-order chi connectivity index (χ0) is 19.8. The van der Waals surface area contributed by atoms with Crippen LogP contribution >= 0.6 is 7.82 Å². The van der Waals surface area contributed by atoms with Crippen LogP contribution in [0.3, 0.4) is 0 Å². The molecule has 0 radical (unpaired) electrons. The number of benzene rings is 2. The molecule has 7 heteroatoms. The van der Waals surface area contributed by atoms with Gasteiger partial charge >= 0.3 is 13.8 Å². The van der Waals surface area contributed by atoms with Gasteiger partial charge in [-0.3, -0.25) is 9.32 Å². The Kier molecular flexibility index (Phi) is 7.45. The van der Waals surface area contributed by atoms with Crippen molar-refractivity contribution in [3.63, 3.8) is 0 Å². The van der Waals surface area contributed by atoms with Crippen LogP contribution in [0.25, 0.3) is 0 Å². The number of hydrogen-bond donors (Lipinski definition) is 0. The van der Waals surface area contributed by atoms with Crippen LogP contribution in [0.15, 0.2) is 60.7 Å². The van der Waals surface area contributed by atoms with Crippen LogP contribution in [0.4, 0.5) is 0 Å². The van der Waals surface area contributed by atoms with Crippen molar-refractivity contribution >= 4 is 13.8 Å². The van der Waals surface area contributed by atoms with Crippen molar-refractivity contribution in [3.8, 4) is 11.5 Å². The summed E-state index contributed by atoms with van der Waals surface area (Å²) in [7, 11) is -3.96. The lowest BCUT2D eigenvalue weighted by Crippen LogP contribution is -2.27. The molecule has 0 spiro atoms. The van der Waals surface area contributed by atoms with Gasteiger partial charge in [0.05, 0.1) is 12.0 Å². The summed E-state index contributed by atoms with van der Waals surface area (Å²) in [5.41, 5.74) is -0.579. The highest BCUT2D eigenvalue weighted by atomic mass is 31.2. The summed E-state index contributed by atoms with van der Waals surface area (Å²) >= 11 is 0. The third-order valence-electron chi connectivity index (χ3n) is 3.92. The van der Waals surface area contributed by atoms with Crippen LogP contribution in [0.1, 0.15) is 27.2 Å². The summed E-state index contributed by atoms with van der Waals surface area (Å²) < 4.78 is 34.6. The first kappa shape index (κ1) is 21.0. The number of carbonyl (C=O) groups excluding carboxylic acids is 1. The number of ether oxygens (including phenoxy) is 1. The molecule has 0 aromatic heterocycles. The van der Waals surface area contributed by atoms with E-state index in [9.17, 15) is 9.36 Å². The van der Waals surface area contributed by atoms with Crippen LogP contribution < -0.4 is 9.05 Å². The van der Waals surface area contributed by atoms with Crippen molar-refractivity contribution in [1.82, 2.24) is 0 Å². The van der Waals surface area contributed by atoms with E-state index in [0.717, 1.165) is 0 Å². The SMILES string of the molecule is CCC(C)(C)C(=O)OCCOP(=O)(Oc1ccccc1)Oc1ccccc1. The molecule has 2 rings (SSSR count). The zero-order valence-electron chi connectivity index (χ0n) is 15.8. The van der Waals surface area contributed by atoms with Gasteiger partial charge in [-0.05, 0) is 44.5 Å². The fraction of sp³-hybridized carbons (Fsp3) is 0.350. The maximum atomic E-state index is 13.0. The zero-order valence-corrected chi connectivity index (χ0v) is 16.7. The van der Waals surface area contributed by atoms with Gasteiger partial charge in [0.15, 0.2) is 0 Å². The summed E-state index contributed by atoms with van der Waals surface area (Å²) in [6, 6.07) is 17.2. The number of phosphoric acid groups is 1. The molecule has 0 bridgehead atoms. The average molecular weight is 392 g/mol. The Morgan fingerprint density at radius 2 is 1.37 bits per heavy atom. The van der Waals surface area contributed by atoms with Gasteiger partial charge in [0.2, 0.25) is 0 Å². The first-order chi connectivity index (χ1) is 12.8. The minimum Gasteiger partial charge on any atom is -0.463 e. The summed E-state index contributed by atoms with van der Waals surface area (Å²) in [4.78, 5) is 12.0. The fourth-order valence-corrected chi connectivity index (χ4v) is 3.12. The Labute approximate surface area is 160 Å². The van der Waals surface area contributed by atoms with Gasteiger partial charge in [-0.2, -0.15) is 0 Å². The number of para-hydroxylation sites is 2. The molecule has 0 unspecified atom stereocenters. The highest BCUT2D eigenvalue weighted by Gasteiger charge is 2.32. The van der Waals surface area contributed by atoms with Crippen LogP contribution in [-0.2, 0) is 18.6 Å². The lowest BCUT2D eigenvalue weighted by atomic mass is 9.91. The van der Waals surface area contributed by atoms with Crippen molar-refractivity contribution in [2.24, 2.45) is 5.41 Å². The summed E-state index contributed by atoms with van der Waals surface area (Å²) in [5, 5.41) is 0. The van der Waals surface area contributed by atoms with E-state index < -0.39 is 13.2 Å². The Hall–Kier alpha value is -2.30. The number of hydrogen-bond acceptors (Lipinski definition) is 6. The predicted molar refractivity (Wildman–Crippen MR) is 103 cm³/mol. The second kappa shape index (κ2) is 9.58. The molecule has 0 amide bonds. The Balaban J connectivity index is 2.00. The Bertz CT molecular complexity index is 715. The van der Waals surface area contributed by atoms with Gasteiger partial charge < -0.3 is 13.8 Å². The van der Waals surface area contributed by atoms with E-state index in [4.69, 9.17) is 18.3 Å². The van der Waals surface area contributed by atoms with Crippen LogP contribution in [0.5, 0.6) is 11.5 Å². The van der Waals surface area contributed by atoms with Crippen LogP contribution in [-0.4, -0.2) is 19.2 Å². The van der Waals surface area contributed by atoms with E-state index in [1.54, 1.807) is 62.4 Å². The van der Waals surface area contributed by atoms with E-state index in [1.165, 1.54) is 0 Å². The third-order valence-corrected chi connectivity index (χ3v) is 5.29. The minimum absolute atomic E-state index is 0.0530. The summed E-state index contributed by atoms with van der Waals surface area (Å²) in [6.07, 6.45) is 0.652. The molecule has 0 aliphatic rings. The van der Waals surface area contributed by atoms with E-state index >= 15 is 0 Å². The molecular formula is C20H25O6P. The summed E-state index contributed by atoms with van der Waals surface area (Å²) in [6.45, 7) is 5.34. The maximum Gasteiger partial charge on any atom is 0.587 e. The molecule has 2 aromatic rings. The van der Waals surface area contributed by atoms with E-state index in [-0.39, 0.29) is 19.2 Å². The third kappa shape index (κ3) is 6.74. The Morgan fingerprint density at radius 3 is 1.81 bits per heavy atom. The van der Waals surface area contributed by atoms with Crippen LogP contribution in [0, 0.1) is 5.41 Å². The van der Waals surface area contributed by atoms with Crippen molar-refractivity contribution < 1.29 is 27.7 Å². The molecule has 6 nitrogen and oxygen atoms in total. The molecule has 0 N–H and O–H groups in total.